The number of aryl methyl sites for hydroxylation is 2. The summed E-state index contributed by atoms with van der Waals surface area (Å²) in [6, 6.07) is 5.06. The van der Waals surface area contributed by atoms with E-state index in [2.05, 4.69) is 0 Å². The third kappa shape index (κ3) is 3.00. The Bertz CT molecular complexity index is 706. The van der Waals surface area contributed by atoms with E-state index >= 15 is 0 Å². The Hall–Kier alpha value is -2.14. The van der Waals surface area contributed by atoms with E-state index in [4.69, 9.17) is 4.42 Å². The van der Waals surface area contributed by atoms with Gasteiger partial charge in [0.05, 0.1) is 0 Å². The summed E-state index contributed by atoms with van der Waals surface area (Å²) in [7, 11) is 0. The van der Waals surface area contributed by atoms with E-state index in [0.717, 1.165) is 9.75 Å². The smallest absolute Gasteiger partial charge is 0.351 e. The van der Waals surface area contributed by atoms with Crippen LogP contribution in [0.3, 0.4) is 0 Å². The SMILES string of the molecule is Cc1cc(O)c(C(=O)C=Cc2ccc(C)s2)c(=O)o1. The van der Waals surface area contributed by atoms with Crippen LogP contribution in [0.1, 0.15) is 25.9 Å². The van der Waals surface area contributed by atoms with Crippen LogP contribution in [-0.4, -0.2) is 10.9 Å². The molecule has 0 aliphatic carbocycles. The number of hydrogen-bond donors (Lipinski definition) is 1. The van der Waals surface area contributed by atoms with Crippen molar-refractivity contribution in [3.63, 3.8) is 0 Å². The van der Waals surface area contributed by atoms with Gasteiger partial charge in [-0.05, 0) is 38.1 Å². The normalized spacial score (nSPS) is 11.1. The van der Waals surface area contributed by atoms with Crippen LogP contribution < -0.4 is 5.63 Å². The molecule has 0 saturated heterocycles. The van der Waals surface area contributed by atoms with Gasteiger partial charge in [-0.25, -0.2) is 4.79 Å². The minimum atomic E-state index is -0.825. The minimum Gasteiger partial charge on any atom is -0.507 e. The molecule has 5 heteroatoms. The molecule has 0 aromatic carbocycles. The molecule has 0 amide bonds. The molecule has 0 unspecified atom stereocenters. The van der Waals surface area contributed by atoms with E-state index < -0.39 is 11.4 Å². The highest BCUT2D eigenvalue weighted by Crippen LogP contribution is 2.18. The van der Waals surface area contributed by atoms with Crippen LogP contribution in [0.15, 0.2) is 33.5 Å². The monoisotopic (exact) mass is 276 g/mol. The maximum absolute atomic E-state index is 11.9. The molecule has 0 fully saturated rings. The summed E-state index contributed by atoms with van der Waals surface area (Å²) in [5.41, 5.74) is -1.16. The standard InChI is InChI=1S/C14H12O4S/c1-8-7-12(16)13(14(17)18-8)11(15)6-5-10-4-3-9(2)19-10/h3-7,16H,1-2H3. The van der Waals surface area contributed by atoms with Crippen LogP contribution >= 0.6 is 11.3 Å². The lowest BCUT2D eigenvalue weighted by Gasteiger charge is -1.99. The number of ketones is 1. The lowest BCUT2D eigenvalue weighted by molar-refractivity contribution is 0.104. The zero-order valence-corrected chi connectivity index (χ0v) is 11.3. The zero-order chi connectivity index (χ0) is 14.0. The average Bonchev–Trinajstić information content (AvgIpc) is 2.71. The molecular weight excluding hydrogens is 264 g/mol. The Morgan fingerprint density at radius 1 is 1.37 bits per heavy atom. The fourth-order valence-corrected chi connectivity index (χ4v) is 2.39. The highest BCUT2D eigenvalue weighted by atomic mass is 32.1. The van der Waals surface area contributed by atoms with Crippen molar-refractivity contribution in [1.29, 1.82) is 0 Å². The molecule has 0 bridgehead atoms. The first kappa shape index (κ1) is 13.3. The quantitative estimate of drug-likeness (QED) is 0.691. The van der Waals surface area contributed by atoms with Gasteiger partial charge in [0.2, 0.25) is 0 Å². The van der Waals surface area contributed by atoms with Gasteiger partial charge in [0.25, 0.3) is 0 Å². The average molecular weight is 276 g/mol. The lowest BCUT2D eigenvalue weighted by atomic mass is 10.1. The van der Waals surface area contributed by atoms with Crippen LogP contribution in [0.4, 0.5) is 0 Å². The summed E-state index contributed by atoms with van der Waals surface area (Å²) < 4.78 is 4.80. The van der Waals surface area contributed by atoms with Gasteiger partial charge in [-0.1, -0.05) is 0 Å². The third-order valence-corrected chi connectivity index (χ3v) is 3.43. The van der Waals surface area contributed by atoms with E-state index in [1.165, 1.54) is 30.4 Å². The number of rotatable bonds is 3. The van der Waals surface area contributed by atoms with E-state index in [9.17, 15) is 14.7 Å². The highest BCUT2D eigenvalue weighted by Gasteiger charge is 2.15. The van der Waals surface area contributed by atoms with E-state index in [-0.39, 0.29) is 17.1 Å². The molecule has 0 radical (unpaired) electrons. The van der Waals surface area contributed by atoms with Gasteiger partial charge in [0.1, 0.15) is 17.1 Å². The third-order valence-electron chi connectivity index (χ3n) is 2.46. The van der Waals surface area contributed by atoms with Crippen molar-refractivity contribution in [3.8, 4) is 5.75 Å². The van der Waals surface area contributed by atoms with E-state index in [1.54, 1.807) is 6.08 Å². The molecule has 2 heterocycles. The van der Waals surface area contributed by atoms with Crippen molar-refractivity contribution in [2.75, 3.05) is 0 Å². The van der Waals surface area contributed by atoms with Gasteiger partial charge < -0.3 is 9.52 Å². The largest absolute Gasteiger partial charge is 0.507 e. The topological polar surface area (TPSA) is 67.5 Å². The Kier molecular flexibility index (Phi) is 3.66. The number of carbonyl (C=O) groups is 1. The first-order valence-electron chi connectivity index (χ1n) is 5.60. The van der Waals surface area contributed by atoms with Crippen LogP contribution in [0.5, 0.6) is 5.75 Å². The van der Waals surface area contributed by atoms with Gasteiger partial charge >= 0.3 is 5.63 Å². The molecule has 2 aromatic heterocycles. The fraction of sp³-hybridized carbons (Fsp3) is 0.143. The molecular formula is C14H12O4S. The second-order valence-corrected chi connectivity index (χ2v) is 5.37. The van der Waals surface area contributed by atoms with Gasteiger partial charge in [-0.15, -0.1) is 11.3 Å². The van der Waals surface area contributed by atoms with Crippen LogP contribution in [0.2, 0.25) is 0 Å². The lowest BCUT2D eigenvalue weighted by Crippen LogP contribution is -2.12. The fourth-order valence-electron chi connectivity index (χ4n) is 1.61. The Balaban J connectivity index is 2.31. The minimum absolute atomic E-state index is 0.261. The molecule has 1 N–H and O–H groups in total. The second-order valence-electron chi connectivity index (χ2n) is 4.05. The van der Waals surface area contributed by atoms with Crippen molar-refractivity contribution in [2.45, 2.75) is 13.8 Å². The number of carbonyl (C=O) groups excluding carboxylic acids is 1. The first-order valence-corrected chi connectivity index (χ1v) is 6.41. The molecule has 0 aliphatic rings. The van der Waals surface area contributed by atoms with Crippen molar-refractivity contribution >= 4 is 23.2 Å². The zero-order valence-electron chi connectivity index (χ0n) is 10.5. The number of allylic oxidation sites excluding steroid dienone is 1. The van der Waals surface area contributed by atoms with E-state index in [1.807, 2.05) is 19.1 Å². The predicted molar refractivity (Wildman–Crippen MR) is 73.8 cm³/mol. The Morgan fingerprint density at radius 2 is 2.11 bits per heavy atom. The summed E-state index contributed by atoms with van der Waals surface area (Å²) in [6.45, 7) is 3.49. The molecule has 0 saturated carbocycles. The number of aromatic hydroxyl groups is 1. The van der Waals surface area contributed by atoms with Crippen molar-refractivity contribution in [2.24, 2.45) is 0 Å². The molecule has 2 aromatic rings. The summed E-state index contributed by atoms with van der Waals surface area (Å²) >= 11 is 1.53. The molecule has 0 aliphatic heterocycles. The van der Waals surface area contributed by atoms with Crippen molar-refractivity contribution in [3.05, 3.63) is 55.8 Å². The summed E-state index contributed by atoms with van der Waals surface area (Å²) in [6.07, 6.45) is 2.87. The van der Waals surface area contributed by atoms with Crippen molar-refractivity contribution in [1.82, 2.24) is 0 Å². The molecule has 4 nitrogen and oxygen atoms in total. The van der Waals surface area contributed by atoms with Crippen LogP contribution in [0, 0.1) is 13.8 Å². The van der Waals surface area contributed by atoms with Gasteiger partial charge in [0, 0.05) is 15.8 Å². The van der Waals surface area contributed by atoms with Gasteiger partial charge in [-0.3, -0.25) is 4.79 Å². The summed E-state index contributed by atoms with van der Waals surface area (Å²) in [5.74, 6) is -0.667. The second kappa shape index (κ2) is 5.24. The van der Waals surface area contributed by atoms with Crippen LogP contribution in [-0.2, 0) is 0 Å². The van der Waals surface area contributed by atoms with Crippen molar-refractivity contribution < 1.29 is 14.3 Å². The maximum atomic E-state index is 11.9. The molecule has 0 atom stereocenters. The predicted octanol–water partition coefficient (Wildman–Crippen LogP) is 2.92. The first-order chi connectivity index (χ1) is 8.97. The molecule has 0 spiro atoms. The molecule has 98 valence electrons. The number of thiophene rings is 1. The number of hydrogen-bond acceptors (Lipinski definition) is 5. The summed E-state index contributed by atoms with van der Waals surface area (Å²) in [4.78, 5) is 25.4. The Labute approximate surface area is 113 Å². The van der Waals surface area contributed by atoms with Crippen LogP contribution in [0.25, 0.3) is 6.08 Å². The Morgan fingerprint density at radius 3 is 2.68 bits per heavy atom. The maximum Gasteiger partial charge on any atom is 0.351 e. The van der Waals surface area contributed by atoms with Gasteiger partial charge in [-0.2, -0.15) is 0 Å². The molecule has 19 heavy (non-hydrogen) atoms. The highest BCUT2D eigenvalue weighted by molar-refractivity contribution is 7.12. The van der Waals surface area contributed by atoms with Gasteiger partial charge in [0.15, 0.2) is 5.78 Å². The molecule has 2 rings (SSSR count). The summed E-state index contributed by atoms with van der Waals surface area (Å²) in [5, 5.41) is 9.63. The van der Waals surface area contributed by atoms with E-state index in [0.29, 0.717) is 0 Å².